The minimum Gasteiger partial charge on any atom is -0.262 e. The van der Waals surface area contributed by atoms with Gasteiger partial charge >= 0.3 is 0 Å². The molecule has 0 aliphatic carbocycles. The lowest BCUT2D eigenvalue weighted by molar-refractivity contribution is 1.60. The third-order valence-corrected chi connectivity index (χ3v) is 8.31. The Hall–Kier alpha value is -3.15. The van der Waals surface area contributed by atoms with E-state index in [1.807, 2.05) is 24.4 Å². The quantitative estimate of drug-likeness (QED) is 0.387. The summed E-state index contributed by atoms with van der Waals surface area (Å²) in [5.74, 6) is 0. The average Bonchev–Trinajstić information content (AvgIpc) is 2.79. The topological polar surface area (TPSA) is 12.4 Å². The molecule has 0 amide bonds. The first kappa shape index (κ1) is 18.2. The van der Waals surface area contributed by atoms with Crippen LogP contribution in [0.1, 0.15) is 5.56 Å². The van der Waals surface area contributed by atoms with Gasteiger partial charge in [0, 0.05) is 22.1 Å². The second-order valence-corrected chi connectivity index (χ2v) is 9.53. The van der Waals surface area contributed by atoms with Crippen molar-refractivity contribution in [2.24, 2.45) is 4.74 Å². The van der Waals surface area contributed by atoms with Gasteiger partial charge in [-0.2, -0.15) is 0 Å². The number of hydrogen-bond acceptors (Lipinski definition) is 1. The predicted molar refractivity (Wildman–Crippen MR) is 123 cm³/mol. The zero-order valence-corrected chi connectivity index (χ0v) is 16.5. The van der Waals surface area contributed by atoms with Crippen LogP contribution >= 0.6 is 7.05 Å². The third kappa shape index (κ3) is 3.76. The van der Waals surface area contributed by atoms with Crippen molar-refractivity contribution in [3.05, 3.63) is 133 Å². The molecule has 0 aliphatic heterocycles. The summed E-state index contributed by atoms with van der Waals surface area (Å²) in [6, 6.07) is 42.3. The van der Waals surface area contributed by atoms with E-state index < -0.39 is 7.05 Å². The van der Waals surface area contributed by atoms with Gasteiger partial charge in [0.2, 0.25) is 0 Å². The molecule has 0 bridgehead atoms. The molecule has 0 saturated heterocycles. The van der Waals surface area contributed by atoms with Crippen molar-refractivity contribution in [2.75, 3.05) is 0 Å². The first-order valence-corrected chi connectivity index (χ1v) is 11.1. The standard InChI is InChI=1S/C26H22NP/c1-5-13-23(14-6-1)21-22-27-28(24-15-7-2-8-16-24,25-17-9-3-10-18-25)26-19-11-4-12-20-26/h1-22H/b22-21+. The van der Waals surface area contributed by atoms with E-state index >= 15 is 0 Å². The average molecular weight is 379 g/mol. The maximum atomic E-state index is 5.29. The van der Waals surface area contributed by atoms with Crippen LogP contribution in [0.3, 0.4) is 0 Å². The first-order chi connectivity index (χ1) is 13.9. The van der Waals surface area contributed by atoms with E-state index in [1.165, 1.54) is 15.9 Å². The first-order valence-electron chi connectivity index (χ1n) is 9.39. The van der Waals surface area contributed by atoms with E-state index in [0.29, 0.717) is 0 Å². The summed E-state index contributed by atoms with van der Waals surface area (Å²) in [5, 5.41) is 3.76. The van der Waals surface area contributed by atoms with Gasteiger partial charge in [0.15, 0.2) is 0 Å². The van der Waals surface area contributed by atoms with Crippen LogP contribution < -0.4 is 15.9 Å². The maximum absolute atomic E-state index is 5.29. The van der Waals surface area contributed by atoms with E-state index in [-0.39, 0.29) is 0 Å². The molecule has 2 heteroatoms. The molecule has 28 heavy (non-hydrogen) atoms. The molecule has 0 spiro atoms. The molecule has 0 saturated carbocycles. The molecular weight excluding hydrogens is 357 g/mol. The van der Waals surface area contributed by atoms with Crippen molar-refractivity contribution in [1.29, 1.82) is 0 Å². The van der Waals surface area contributed by atoms with Crippen LogP contribution in [0.15, 0.2) is 132 Å². The van der Waals surface area contributed by atoms with Crippen molar-refractivity contribution in [2.45, 2.75) is 0 Å². The number of rotatable bonds is 5. The highest BCUT2D eigenvalue weighted by atomic mass is 31.2. The van der Waals surface area contributed by atoms with Crippen LogP contribution in [0.2, 0.25) is 0 Å². The fourth-order valence-corrected chi connectivity index (χ4v) is 6.73. The molecule has 0 radical (unpaired) electrons. The molecule has 0 atom stereocenters. The Morgan fingerprint density at radius 2 is 0.821 bits per heavy atom. The smallest absolute Gasteiger partial charge is 0.0604 e. The summed E-state index contributed by atoms with van der Waals surface area (Å²) in [7, 11) is -2.15. The van der Waals surface area contributed by atoms with Gasteiger partial charge in [-0.3, -0.25) is 4.74 Å². The second-order valence-electron chi connectivity index (χ2n) is 6.48. The largest absolute Gasteiger partial charge is 0.262 e. The van der Waals surface area contributed by atoms with Crippen molar-refractivity contribution in [3.63, 3.8) is 0 Å². The summed E-state index contributed by atoms with van der Waals surface area (Å²) in [6.45, 7) is 0. The normalized spacial score (nSPS) is 11.4. The Morgan fingerprint density at radius 3 is 1.21 bits per heavy atom. The minimum absolute atomic E-state index is 1.15. The van der Waals surface area contributed by atoms with Gasteiger partial charge in [0.1, 0.15) is 0 Å². The number of hydrogen-bond donors (Lipinski definition) is 0. The highest BCUT2D eigenvalue weighted by Gasteiger charge is 2.26. The zero-order chi connectivity index (χ0) is 19.1. The van der Waals surface area contributed by atoms with Gasteiger partial charge in [0.25, 0.3) is 0 Å². The summed E-state index contributed by atoms with van der Waals surface area (Å²) < 4.78 is 5.29. The van der Waals surface area contributed by atoms with Gasteiger partial charge in [-0.1, -0.05) is 121 Å². The molecule has 0 unspecified atom stereocenters. The fourth-order valence-electron chi connectivity index (χ4n) is 3.36. The van der Waals surface area contributed by atoms with E-state index in [0.717, 1.165) is 5.56 Å². The maximum Gasteiger partial charge on any atom is 0.0604 e. The monoisotopic (exact) mass is 379 g/mol. The van der Waals surface area contributed by atoms with Gasteiger partial charge in [-0.05, 0) is 11.6 Å². The molecule has 0 aliphatic rings. The Balaban J connectivity index is 1.99. The van der Waals surface area contributed by atoms with Crippen molar-refractivity contribution in [1.82, 2.24) is 0 Å². The van der Waals surface area contributed by atoms with Crippen molar-refractivity contribution < 1.29 is 0 Å². The van der Waals surface area contributed by atoms with Gasteiger partial charge in [-0.25, -0.2) is 0 Å². The van der Waals surface area contributed by atoms with Gasteiger partial charge < -0.3 is 0 Å². The highest BCUT2D eigenvalue weighted by molar-refractivity contribution is 7.87. The van der Waals surface area contributed by atoms with E-state index in [9.17, 15) is 0 Å². The molecule has 136 valence electrons. The Kier molecular flexibility index (Phi) is 5.66. The van der Waals surface area contributed by atoms with Crippen LogP contribution in [0.4, 0.5) is 0 Å². The predicted octanol–water partition coefficient (Wildman–Crippen LogP) is 5.84. The lowest BCUT2D eigenvalue weighted by Crippen LogP contribution is -2.25. The van der Waals surface area contributed by atoms with Crippen LogP contribution in [0.25, 0.3) is 6.08 Å². The molecule has 0 N–H and O–H groups in total. The summed E-state index contributed by atoms with van der Waals surface area (Å²) in [6.07, 6.45) is 4.07. The molecule has 0 heterocycles. The van der Waals surface area contributed by atoms with Gasteiger partial charge in [0.05, 0.1) is 7.05 Å². The molecule has 4 aromatic rings. The summed E-state index contributed by atoms with van der Waals surface area (Å²) in [4.78, 5) is 0. The zero-order valence-electron chi connectivity index (χ0n) is 15.6. The number of benzene rings is 4. The number of nitrogens with zero attached hydrogens (tertiary/aromatic N) is 1. The van der Waals surface area contributed by atoms with Crippen LogP contribution in [0, 0.1) is 0 Å². The third-order valence-electron chi connectivity index (χ3n) is 4.70. The molecule has 0 aromatic heterocycles. The molecule has 4 rings (SSSR count). The molecule has 0 fully saturated rings. The van der Waals surface area contributed by atoms with Crippen LogP contribution in [0.5, 0.6) is 0 Å². The van der Waals surface area contributed by atoms with Crippen LogP contribution in [-0.4, -0.2) is 0 Å². The summed E-state index contributed by atoms with van der Waals surface area (Å²) in [5.41, 5.74) is 1.15. The minimum atomic E-state index is -2.15. The van der Waals surface area contributed by atoms with Crippen LogP contribution in [-0.2, 0) is 0 Å². The molecule has 1 nitrogen and oxygen atoms in total. The lowest BCUT2D eigenvalue weighted by Gasteiger charge is -2.26. The van der Waals surface area contributed by atoms with E-state index in [1.54, 1.807) is 0 Å². The molecular formula is C26H22NP. The summed E-state index contributed by atoms with van der Waals surface area (Å²) >= 11 is 0. The lowest BCUT2D eigenvalue weighted by atomic mass is 10.2. The Bertz CT molecular complexity index is 983. The van der Waals surface area contributed by atoms with Gasteiger partial charge in [-0.15, -0.1) is 0 Å². The highest BCUT2D eigenvalue weighted by Crippen LogP contribution is 2.46. The van der Waals surface area contributed by atoms with E-state index in [4.69, 9.17) is 4.74 Å². The van der Waals surface area contributed by atoms with Crippen molar-refractivity contribution >= 4 is 29.0 Å². The Labute approximate surface area is 167 Å². The molecule has 4 aromatic carbocycles. The Morgan fingerprint density at radius 1 is 0.464 bits per heavy atom. The van der Waals surface area contributed by atoms with Crippen molar-refractivity contribution in [3.8, 4) is 0 Å². The SMILES string of the molecule is C(=C\c1ccccc1)/N=P(c1ccccc1)(c1ccccc1)c1ccccc1. The van der Waals surface area contributed by atoms with E-state index in [2.05, 4.69) is 109 Å². The second kappa shape index (κ2) is 8.69. The fraction of sp³-hybridized carbons (Fsp3) is 0.